The smallest absolute Gasteiger partial charge is 0.359 e. The number of carboxylic acid groups (broad SMARTS) is 2. The molecule has 0 bridgehead atoms. The number of carbonyl (C=O) groups is 2. The number of ether oxygens (including phenoxy) is 1. The van der Waals surface area contributed by atoms with Gasteiger partial charge >= 0.3 is 11.9 Å². The van der Waals surface area contributed by atoms with Crippen molar-refractivity contribution in [1.82, 2.24) is 0 Å². The minimum absolute atomic E-state index is 0. The Morgan fingerprint density at radius 2 is 1.61 bits per heavy atom. The number of rotatable bonds is 17. The van der Waals surface area contributed by atoms with E-state index in [-0.39, 0.29) is 25.2 Å². The molecule has 0 radical (unpaired) electrons. The largest absolute Gasteiger partial charge is 0.870 e. The molecule has 1 rings (SSSR count). The van der Waals surface area contributed by atoms with Gasteiger partial charge in [0.2, 0.25) is 0 Å². The Bertz CT molecular complexity index is 483. The first-order valence-corrected chi connectivity index (χ1v) is 10.4. The molecule has 0 aliphatic carbocycles. The van der Waals surface area contributed by atoms with E-state index in [1.165, 1.54) is 44.9 Å². The van der Waals surface area contributed by atoms with Crippen molar-refractivity contribution in [1.29, 1.82) is 0 Å². The second-order valence-corrected chi connectivity index (χ2v) is 7.47. The summed E-state index contributed by atoms with van der Waals surface area (Å²) in [6, 6.07) is 0. The third kappa shape index (κ3) is 10.7. The van der Waals surface area contributed by atoms with Gasteiger partial charge < -0.3 is 20.4 Å². The van der Waals surface area contributed by atoms with E-state index in [0.29, 0.717) is 24.1 Å². The van der Waals surface area contributed by atoms with Gasteiger partial charge in [-0.2, -0.15) is 0 Å². The fraction of sp³-hybridized carbons (Fsp3) is 0.850. The Labute approximate surface area is 168 Å². The maximum Gasteiger partial charge on any atom is 0.359 e. The SMILES string of the molecule is CCCCCCCCCCCC1=NCC[N+]1(CCOCC(=O)O)CC(=O)O.[OH-]. The highest BCUT2D eigenvalue weighted by Crippen LogP contribution is 2.20. The van der Waals surface area contributed by atoms with Gasteiger partial charge in [0.25, 0.3) is 0 Å². The van der Waals surface area contributed by atoms with Crippen molar-refractivity contribution in [2.75, 3.05) is 39.4 Å². The van der Waals surface area contributed by atoms with E-state index in [9.17, 15) is 14.7 Å². The van der Waals surface area contributed by atoms with E-state index in [1.54, 1.807) is 0 Å². The van der Waals surface area contributed by atoms with Crippen molar-refractivity contribution < 1.29 is 34.5 Å². The molecule has 0 aromatic carbocycles. The van der Waals surface area contributed by atoms with Crippen molar-refractivity contribution in [2.24, 2.45) is 4.99 Å². The van der Waals surface area contributed by atoms with Gasteiger partial charge in [0, 0.05) is 6.42 Å². The van der Waals surface area contributed by atoms with E-state index in [2.05, 4.69) is 11.9 Å². The molecule has 0 spiro atoms. The molecule has 164 valence electrons. The van der Waals surface area contributed by atoms with Crippen LogP contribution in [0, 0.1) is 0 Å². The van der Waals surface area contributed by atoms with Crippen LogP contribution in [0.5, 0.6) is 0 Å². The van der Waals surface area contributed by atoms with Gasteiger partial charge in [0.15, 0.2) is 12.4 Å². The molecule has 1 atom stereocenters. The van der Waals surface area contributed by atoms with Gasteiger partial charge in [-0.3, -0.25) is 4.48 Å². The van der Waals surface area contributed by atoms with E-state index in [1.807, 2.05) is 0 Å². The highest BCUT2D eigenvalue weighted by atomic mass is 16.5. The average Bonchev–Trinajstić information content (AvgIpc) is 2.99. The van der Waals surface area contributed by atoms with Gasteiger partial charge in [-0.05, 0) is 6.42 Å². The second-order valence-electron chi connectivity index (χ2n) is 7.47. The molecule has 0 saturated heterocycles. The molecule has 1 heterocycles. The maximum absolute atomic E-state index is 11.4. The Morgan fingerprint density at radius 1 is 1.00 bits per heavy atom. The van der Waals surface area contributed by atoms with Crippen LogP contribution >= 0.6 is 0 Å². The van der Waals surface area contributed by atoms with Crippen molar-refractivity contribution in [2.45, 2.75) is 71.1 Å². The number of quaternary nitrogens is 1. The Balaban J connectivity index is 0.00000729. The Kier molecular flexibility index (Phi) is 14.6. The van der Waals surface area contributed by atoms with Crippen LogP contribution in [0.15, 0.2) is 4.99 Å². The first kappa shape index (κ1) is 26.5. The fourth-order valence-corrected chi connectivity index (χ4v) is 3.71. The van der Waals surface area contributed by atoms with Crippen LogP contribution < -0.4 is 0 Å². The number of hydrogen-bond donors (Lipinski definition) is 2. The summed E-state index contributed by atoms with van der Waals surface area (Å²) in [6.45, 7) is 3.87. The average molecular weight is 403 g/mol. The number of carboxylic acids is 2. The molecule has 28 heavy (non-hydrogen) atoms. The summed E-state index contributed by atoms with van der Waals surface area (Å²) in [5.74, 6) is -0.918. The number of unbranched alkanes of at least 4 members (excludes halogenated alkanes) is 8. The van der Waals surface area contributed by atoms with Gasteiger partial charge in [-0.15, -0.1) is 0 Å². The van der Waals surface area contributed by atoms with Gasteiger partial charge in [0.1, 0.15) is 19.7 Å². The van der Waals surface area contributed by atoms with Crippen molar-refractivity contribution >= 4 is 17.8 Å². The van der Waals surface area contributed by atoms with Gasteiger partial charge in [-0.1, -0.05) is 58.3 Å². The zero-order chi connectivity index (χ0) is 20.0. The topological polar surface area (TPSA) is 126 Å². The van der Waals surface area contributed by atoms with Crippen LogP contribution in [0.25, 0.3) is 0 Å². The van der Waals surface area contributed by atoms with Crippen LogP contribution in [0.4, 0.5) is 0 Å². The number of aliphatic imine (C=N–C) groups is 1. The molecule has 0 aromatic rings. The highest BCUT2D eigenvalue weighted by Gasteiger charge is 2.39. The first-order valence-electron chi connectivity index (χ1n) is 10.4. The molecular formula is C20H38N2O6. The molecule has 1 unspecified atom stereocenters. The Morgan fingerprint density at radius 3 is 2.18 bits per heavy atom. The minimum atomic E-state index is -1.01. The Hall–Kier alpha value is -1.51. The summed E-state index contributed by atoms with van der Waals surface area (Å²) in [5.41, 5.74) is 0. The number of nitrogens with zero attached hydrogens (tertiary/aromatic N) is 2. The third-order valence-electron chi connectivity index (χ3n) is 5.20. The summed E-state index contributed by atoms with van der Waals surface area (Å²) >= 11 is 0. The molecule has 8 nitrogen and oxygen atoms in total. The molecule has 0 fully saturated rings. The predicted molar refractivity (Wildman–Crippen MR) is 107 cm³/mol. The summed E-state index contributed by atoms with van der Waals surface area (Å²) in [4.78, 5) is 26.5. The maximum atomic E-state index is 11.4. The summed E-state index contributed by atoms with van der Waals surface area (Å²) in [5, 5.41) is 18.0. The molecule has 0 saturated carbocycles. The number of aliphatic carboxylic acids is 2. The second kappa shape index (κ2) is 15.4. The van der Waals surface area contributed by atoms with Crippen LogP contribution in [-0.4, -0.2) is 77.3 Å². The lowest BCUT2D eigenvalue weighted by molar-refractivity contribution is -0.829. The van der Waals surface area contributed by atoms with Gasteiger partial charge in [-0.25, -0.2) is 14.6 Å². The lowest BCUT2D eigenvalue weighted by Crippen LogP contribution is -2.55. The van der Waals surface area contributed by atoms with Crippen LogP contribution in [0.2, 0.25) is 0 Å². The van der Waals surface area contributed by atoms with Gasteiger partial charge in [0.05, 0.1) is 13.2 Å². The monoisotopic (exact) mass is 402 g/mol. The van der Waals surface area contributed by atoms with Crippen LogP contribution in [-0.2, 0) is 14.3 Å². The first-order chi connectivity index (χ1) is 13.0. The molecule has 3 N–H and O–H groups in total. The number of amidine groups is 1. The highest BCUT2D eigenvalue weighted by molar-refractivity contribution is 5.80. The predicted octanol–water partition coefficient (Wildman–Crippen LogP) is 3.15. The molecule has 1 aliphatic heterocycles. The molecule has 0 aromatic heterocycles. The van der Waals surface area contributed by atoms with Crippen molar-refractivity contribution in [3.63, 3.8) is 0 Å². The summed E-state index contributed by atoms with van der Waals surface area (Å²) in [7, 11) is 0. The molecule has 8 heteroatoms. The molecule has 0 amide bonds. The third-order valence-corrected chi connectivity index (χ3v) is 5.20. The summed E-state index contributed by atoms with van der Waals surface area (Å²) in [6.07, 6.45) is 12.1. The minimum Gasteiger partial charge on any atom is -0.870 e. The van der Waals surface area contributed by atoms with Crippen molar-refractivity contribution in [3.05, 3.63) is 0 Å². The standard InChI is InChI=1S/C20H36N2O5.H2O/c1-2-3-4-5-6-7-8-9-10-11-18-21-12-13-22(18,16-19(23)24)14-15-27-17-20(25)26;/h2-17H2,1H3,(H-,23,24,25,26);1H2. The van der Waals surface area contributed by atoms with E-state index >= 15 is 0 Å². The zero-order valence-electron chi connectivity index (χ0n) is 17.3. The zero-order valence-corrected chi connectivity index (χ0v) is 17.3. The van der Waals surface area contributed by atoms with Crippen LogP contribution in [0.1, 0.15) is 71.1 Å². The molecular weight excluding hydrogens is 364 g/mol. The fourth-order valence-electron chi connectivity index (χ4n) is 3.71. The molecule has 1 aliphatic rings. The lowest BCUT2D eigenvalue weighted by Gasteiger charge is -2.33. The van der Waals surface area contributed by atoms with E-state index < -0.39 is 11.9 Å². The number of hydrogen-bond acceptors (Lipinski definition) is 5. The van der Waals surface area contributed by atoms with E-state index in [4.69, 9.17) is 9.84 Å². The van der Waals surface area contributed by atoms with E-state index in [0.717, 1.165) is 25.1 Å². The quantitative estimate of drug-likeness (QED) is 0.284. The normalized spacial score (nSPS) is 18.5. The van der Waals surface area contributed by atoms with Crippen molar-refractivity contribution in [3.8, 4) is 0 Å². The summed E-state index contributed by atoms with van der Waals surface area (Å²) < 4.78 is 5.46. The lowest BCUT2D eigenvalue weighted by atomic mass is 10.1. The van der Waals surface area contributed by atoms with Crippen LogP contribution in [0.3, 0.4) is 0 Å².